The van der Waals surface area contributed by atoms with Crippen molar-refractivity contribution < 1.29 is 26.8 Å². The summed E-state index contributed by atoms with van der Waals surface area (Å²) in [5.74, 6) is -2.10. The molecule has 212 valence electrons. The van der Waals surface area contributed by atoms with Gasteiger partial charge in [0.05, 0.1) is 11.9 Å². The molecule has 1 atom stereocenters. The number of rotatable bonds is 11. The van der Waals surface area contributed by atoms with Crippen LogP contribution in [0, 0.1) is 11.6 Å². The molecule has 0 aromatic heterocycles. The summed E-state index contributed by atoms with van der Waals surface area (Å²) in [6, 6.07) is 18.8. The summed E-state index contributed by atoms with van der Waals surface area (Å²) in [7, 11) is -4.00. The molecule has 0 unspecified atom stereocenters. The molecule has 3 aromatic carbocycles. The second kappa shape index (κ2) is 13.0. The normalized spacial score (nSPS) is 14.5. The van der Waals surface area contributed by atoms with Crippen LogP contribution in [0.25, 0.3) is 0 Å². The monoisotopic (exact) mass is 569 g/mol. The first kappa shape index (κ1) is 29.2. The minimum Gasteiger partial charge on any atom is -0.352 e. The van der Waals surface area contributed by atoms with Crippen molar-refractivity contribution in [3.05, 3.63) is 102 Å². The molecule has 2 amide bonds. The number of carbonyl (C=O) groups excluding carboxylic acids is 2. The Morgan fingerprint density at radius 2 is 1.57 bits per heavy atom. The Kier molecular flexibility index (Phi) is 9.52. The number of anilines is 1. The molecule has 0 aliphatic heterocycles. The summed E-state index contributed by atoms with van der Waals surface area (Å²) in [4.78, 5) is 29.1. The average molecular weight is 570 g/mol. The zero-order valence-electron chi connectivity index (χ0n) is 22.3. The van der Waals surface area contributed by atoms with Crippen molar-refractivity contribution in [3.63, 3.8) is 0 Å². The van der Waals surface area contributed by atoms with Crippen molar-refractivity contribution in [2.45, 2.75) is 50.7 Å². The van der Waals surface area contributed by atoms with Crippen LogP contribution in [0.3, 0.4) is 0 Å². The molecule has 0 radical (unpaired) electrons. The Labute approximate surface area is 233 Å². The number of halogens is 2. The minimum atomic E-state index is -4.00. The largest absolute Gasteiger partial charge is 0.352 e. The van der Waals surface area contributed by atoms with Crippen molar-refractivity contribution in [3.8, 4) is 0 Å². The first-order chi connectivity index (χ1) is 19.1. The SMILES string of the molecule is CS(=O)(=O)N(CC(=O)N(Cc1ccc(F)cc1)[C@H](Cc1ccccc1)C(=O)NC1CCCC1)c1cccc(F)c1. The number of carbonyl (C=O) groups is 2. The zero-order chi connectivity index (χ0) is 28.7. The summed E-state index contributed by atoms with van der Waals surface area (Å²) >= 11 is 0. The van der Waals surface area contributed by atoms with Gasteiger partial charge in [0.15, 0.2) is 0 Å². The summed E-state index contributed by atoms with van der Waals surface area (Å²) < 4.78 is 54.0. The Hall–Kier alpha value is -3.79. The molecule has 0 heterocycles. The lowest BCUT2D eigenvalue weighted by atomic mass is 10.0. The maximum absolute atomic E-state index is 14.0. The lowest BCUT2D eigenvalue weighted by molar-refractivity contribution is -0.140. The molecule has 1 fully saturated rings. The molecule has 0 bridgehead atoms. The topological polar surface area (TPSA) is 86.8 Å². The zero-order valence-corrected chi connectivity index (χ0v) is 23.1. The Morgan fingerprint density at radius 3 is 2.20 bits per heavy atom. The van der Waals surface area contributed by atoms with Crippen molar-refractivity contribution >= 4 is 27.5 Å². The van der Waals surface area contributed by atoms with Gasteiger partial charge in [0, 0.05) is 19.0 Å². The van der Waals surface area contributed by atoms with Crippen molar-refractivity contribution in [2.75, 3.05) is 17.1 Å². The van der Waals surface area contributed by atoms with E-state index in [0.29, 0.717) is 5.56 Å². The first-order valence-corrected chi connectivity index (χ1v) is 15.1. The molecule has 0 spiro atoms. The van der Waals surface area contributed by atoms with Gasteiger partial charge in [-0.2, -0.15) is 0 Å². The predicted octanol–water partition coefficient (Wildman–Crippen LogP) is 4.43. The molecule has 0 saturated heterocycles. The number of benzene rings is 3. The number of sulfonamides is 1. The highest BCUT2D eigenvalue weighted by Crippen LogP contribution is 2.22. The van der Waals surface area contributed by atoms with Gasteiger partial charge in [-0.05, 0) is 54.3 Å². The van der Waals surface area contributed by atoms with Crippen LogP contribution in [-0.2, 0) is 32.6 Å². The number of amides is 2. The van der Waals surface area contributed by atoms with Crippen LogP contribution in [0.5, 0.6) is 0 Å². The standard InChI is InChI=1S/C30H33F2N3O4S/c1-40(38,39)35(27-13-7-10-25(32)19-27)21-29(36)34(20-23-14-16-24(31)17-15-23)28(18-22-8-3-2-4-9-22)30(37)33-26-11-5-6-12-26/h2-4,7-10,13-17,19,26,28H,5-6,11-12,18,20-21H2,1H3,(H,33,37)/t28-/m1/s1. The molecule has 1 saturated carbocycles. The van der Waals surface area contributed by atoms with E-state index in [1.165, 1.54) is 47.4 Å². The van der Waals surface area contributed by atoms with E-state index in [1.54, 1.807) is 0 Å². The van der Waals surface area contributed by atoms with Gasteiger partial charge >= 0.3 is 0 Å². The molecule has 10 heteroatoms. The van der Waals surface area contributed by atoms with Gasteiger partial charge in [-0.25, -0.2) is 17.2 Å². The van der Waals surface area contributed by atoms with Crippen LogP contribution >= 0.6 is 0 Å². The fourth-order valence-corrected chi connectivity index (χ4v) is 5.79. The number of nitrogens with zero attached hydrogens (tertiary/aromatic N) is 2. The molecule has 1 aliphatic rings. The first-order valence-electron chi connectivity index (χ1n) is 13.2. The quantitative estimate of drug-likeness (QED) is 0.370. The van der Waals surface area contributed by atoms with Crippen LogP contribution in [0.15, 0.2) is 78.9 Å². The smallest absolute Gasteiger partial charge is 0.244 e. The third-order valence-electron chi connectivity index (χ3n) is 7.01. The maximum atomic E-state index is 14.0. The third kappa shape index (κ3) is 7.88. The van der Waals surface area contributed by atoms with Crippen LogP contribution in [0.2, 0.25) is 0 Å². The molecule has 7 nitrogen and oxygen atoms in total. The van der Waals surface area contributed by atoms with E-state index in [1.807, 2.05) is 30.3 Å². The van der Waals surface area contributed by atoms with E-state index in [2.05, 4.69) is 5.32 Å². The molecular weight excluding hydrogens is 536 g/mol. The van der Waals surface area contributed by atoms with Gasteiger partial charge in [-0.15, -0.1) is 0 Å². The minimum absolute atomic E-state index is 0.00615. The third-order valence-corrected chi connectivity index (χ3v) is 8.15. The molecule has 1 aliphatic carbocycles. The van der Waals surface area contributed by atoms with E-state index < -0.39 is 40.2 Å². The summed E-state index contributed by atoms with van der Waals surface area (Å²) in [5.41, 5.74) is 1.38. The van der Waals surface area contributed by atoms with E-state index in [-0.39, 0.29) is 30.6 Å². The number of hydrogen-bond acceptors (Lipinski definition) is 4. The second-order valence-corrected chi connectivity index (χ2v) is 12.0. The van der Waals surface area contributed by atoms with Crippen molar-refractivity contribution in [2.24, 2.45) is 0 Å². The molecule has 40 heavy (non-hydrogen) atoms. The van der Waals surface area contributed by atoms with Crippen molar-refractivity contribution in [1.82, 2.24) is 10.2 Å². The summed E-state index contributed by atoms with van der Waals surface area (Å²) in [5, 5.41) is 3.08. The van der Waals surface area contributed by atoms with Gasteiger partial charge in [0.25, 0.3) is 0 Å². The number of hydrogen-bond donors (Lipinski definition) is 1. The summed E-state index contributed by atoms with van der Waals surface area (Å²) in [6.45, 7) is -0.707. The van der Waals surface area contributed by atoms with Gasteiger partial charge in [-0.3, -0.25) is 13.9 Å². The number of nitrogens with one attached hydrogen (secondary N) is 1. The van der Waals surface area contributed by atoms with Crippen molar-refractivity contribution in [1.29, 1.82) is 0 Å². The van der Waals surface area contributed by atoms with Crippen LogP contribution < -0.4 is 9.62 Å². The fraction of sp³-hybridized carbons (Fsp3) is 0.333. The van der Waals surface area contributed by atoms with Gasteiger partial charge < -0.3 is 10.2 Å². The molecular formula is C30H33F2N3O4S. The van der Waals surface area contributed by atoms with Gasteiger partial charge in [-0.1, -0.05) is 61.4 Å². The molecule has 4 rings (SSSR count). The van der Waals surface area contributed by atoms with E-state index in [9.17, 15) is 26.8 Å². The predicted molar refractivity (Wildman–Crippen MR) is 150 cm³/mol. The second-order valence-electron chi connectivity index (χ2n) is 10.1. The van der Waals surface area contributed by atoms with Crippen LogP contribution in [-0.4, -0.2) is 50.0 Å². The maximum Gasteiger partial charge on any atom is 0.244 e. The van der Waals surface area contributed by atoms with E-state index >= 15 is 0 Å². The lowest BCUT2D eigenvalue weighted by Gasteiger charge is -2.34. The van der Waals surface area contributed by atoms with E-state index in [4.69, 9.17) is 0 Å². The Bertz CT molecular complexity index is 1410. The Morgan fingerprint density at radius 1 is 0.900 bits per heavy atom. The van der Waals surface area contributed by atoms with Crippen LogP contribution in [0.4, 0.5) is 14.5 Å². The fourth-order valence-electron chi connectivity index (χ4n) is 4.95. The lowest BCUT2D eigenvalue weighted by Crippen LogP contribution is -2.54. The molecule has 1 N–H and O–H groups in total. The average Bonchev–Trinajstić information content (AvgIpc) is 3.43. The molecule has 3 aromatic rings. The van der Waals surface area contributed by atoms with E-state index in [0.717, 1.165) is 47.9 Å². The van der Waals surface area contributed by atoms with Gasteiger partial charge in [0.2, 0.25) is 21.8 Å². The highest BCUT2D eigenvalue weighted by atomic mass is 32.2. The van der Waals surface area contributed by atoms with Crippen LogP contribution in [0.1, 0.15) is 36.8 Å². The summed E-state index contributed by atoms with van der Waals surface area (Å²) in [6.07, 6.45) is 4.82. The Balaban J connectivity index is 1.72. The van der Waals surface area contributed by atoms with Gasteiger partial charge in [0.1, 0.15) is 24.2 Å². The highest BCUT2D eigenvalue weighted by molar-refractivity contribution is 7.92. The highest BCUT2D eigenvalue weighted by Gasteiger charge is 2.34.